The Bertz CT molecular complexity index is 793. The first-order valence-corrected chi connectivity index (χ1v) is 7.58. The normalized spacial score (nSPS) is 19.9. The Kier molecular flexibility index (Phi) is 4.40. The lowest BCUT2D eigenvalue weighted by Gasteiger charge is -2.19. The number of hydrogen-bond acceptors (Lipinski definition) is 6. The highest BCUT2D eigenvalue weighted by Gasteiger charge is 2.36. The molecule has 0 fully saturated rings. The molecule has 0 radical (unpaired) electrons. The fourth-order valence-corrected chi connectivity index (χ4v) is 2.68. The zero-order chi connectivity index (χ0) is 17.3. The maximum atomic E-state index is 12.1. The molecule has 0 unspecified atom stereocenters. The minimum atomic E-state index is -1.46. The van der Waals surface area contributed by atoms with Gasteiger partial charge in [-0.2, -0.15) is 0 Å². The van der Waals surface area contributed by atoms with Crippen LogP contribution in [-0.2, 0) is 19.1 Å². The van der Waals surface area contributed by atoms with Crippen molar-refractivity contribution in [2.24, 2.45) is 5.92 Å². The molecule has 0 saturated carbocycles. The highest BCUT2D eigenvalue weighted by atomic mass is 35.5. The first kappa shape index (κ1) is 16.3. The predicted molar refractivity (Wildman–Crippen MR) is 84.8 cm³/mol. The Morgan fingerprint density at radius 3 is 2.75 bits per heavy atom. The number of allylic oxidation sites excluding steroid dienone is 3. The van der Waals surface area contributed by atoms with Gasteiger partial charge in [0, 0.05) is 6.08 Å². The molecule has 3 rings (SSSR count). The van der Waals surface area contributed by atoms with Crippen LogP contribution < -0.4 is 9.47 Å². The Morgan fingerprint density at radius 2 is 2.00 bits per heavy atom. The van der Waals surface area contributed by atoms with Gasteiger partial charge in [0.1, 0.15) is 19.0 Å². The number of rotatable bonds is 3. The van der Waals surface area contributed by atoms with Crippen LogP contribution in [0.1, 0.15) is 12.5 Å². The van der Waals surface area contributed by atoms with E-state index in [9.17, 15) is 14.4 Å². The van der Waals surface area contributed by atoms with Gasteiger partial charge in [0.15, 0.2) is 29.0 Å². The highest BCUT2D eigenvalue weighted by Crippen LogP contribution is 2.38. The van der Waals surface area contributed by atoms with E-state index in [2.05, 4.69) is 0 Å². The number of cyclic esters (lactones) is 1. The second-order valence-corrected chi connectivity index (χ2v) is 5.68. The molecular formula is C17H13ClO6. The monoisotopic (exact) mass is 348 g/mol. The molecule has 0 aliphatic carbocycles. The summed E-state index contributed by atoms with van der Waals surface area (Å²) in [4.78, 5) is 35.7. The summed E-state index contributed by atoms with van der Waals surface area (Å²) < 4.78 is 15.7. The molecular weight excluding hydrogens is 336 g/mol. The number of ketones is 2. The summed E-state index contributed by atoms with van der Waals surface area (Å²) in [5.74, 6) is -2.45. The van der Waals surface area contributed by atoms with Gasteiger partial charge in [-0.1, -0.05) is 17.7 Å². The fourth-order valence-electron chi connectivity index (χ4n) is 2.40. The maximum Gasteiger partial charge on any atom is 0.329 e. The molecule has 124 valence electrons. The summed E-state index contributed by atoms with van der Waals surface area (Å²) in [5, 5.41) is 0.353. The van der Waals surface area contributed by atoms with Gasteiger partial charge in [0.2, 0.25) is 0 Å². The molecule has 6 nitrogen and oxygen atoms in total. The average Bonchev–Trinajstić information content (AvgIpc) is 2.52. The van der Waals surface area contributed by atoms with Crippen molar-refractivity contribution >= 4 is 35.2 Å². The number of benzene rings is 1. The summed E-state index contributed by atoms with van der Waals surface area (Å²) in [5.41, 5.74) is 0.584. The van der Waals surface area contributed by atoms with Gasteiger partial charge in [0.05, 0.1) is 5.02 Å². The average molecular weight is 349 g/mol. The van der Waals surface area contributed by atoms with Crippen LogP contribution in [0.5, 0.6) is 11.5 Å². The maximum absolute atomic E-state index is 12.1. The lowest BCUT2D eigenvalue weighted by Crippen LogP contribution is -2.34. The van der Waals surface area contributed by atoms with Crippen molar-refractivity contribution in [3.63, 3.8) is 0 Å². The Balaban J connectivity index is 1.81. The second kappa shape index (κ2) is 6.49. The molecule has 0 amide bonds. The van der Waals surface area contributed by atoms with Crippen molar-refractivity contribution in [3.05, 3.63) is 40.6 Å². The van der Waals surface area contributed by atoms with Crippen LogP contribution in [-0.4, -0.2) is 30.7 Å². The summed E-state index contributed by atoms with van der Waals surface area (Å²) >= 11 is 6.11. The van der Waals surface area contributed by atoms with Gasteiger partial charge >= 0.3 is 5.97 Å². The summed E-state index contributed by atoms with van der Waals surface area (Å²) in [6.45, 7) is 2.30. The Hall–Kier alpha value is -2.60. The number of carbonyl (C=O) groups excluding carboxylic acids is 3. The van der Waals surface area contributed by atoms with Crippen LogP contribution in [0.25, 0.3) is 6.08 Å². The smallest absolute Gasteiger partial charge is 0.329 e. The number of halogens is 1. The lowest BCUT2D eigenvalue weighted by molar-refractivity contribution is -0.151. The molecule has 2 aliphatic rings. The Morgan fingerprint density at radius 1 is 1.25 bits per heavy atom. The lowest BCUT2D eigenvalue weighted by atomic mass is 9.96. The van der Waals surface area contributed by atoms with E-state index in [0.29, 0.717) is 35.3 Å². The van der Waals surface area contributed by atoms with Crippen molar-refractivity contribution in [3.8, 4) is 11.5 Å². The fraction of sp³-hybridized carbons (Fsp3) is 0.235. The van der Waals surface area contributed by atoms with Crippen molar-refractivity contribution in [1.82, 2.24) is 0 Å². The molecule has 1 atom stereocenters. The van der Waals surface area contributed by atoms with E-state index in [4.69, 9.17) is 25.8 Å². The number of fused-ring (bicyclic) bond motifs is 1. The van der Waals surface area contributed by atoms with Crippen molar-refractivity contribution in [2.75, 3.05) is 13.2 Å². The molecule has 0 aromatic heterocycles. The van der Waals surface area contributed by atoms with Crippen LogP contribution in [0, 0.1) is 5.92 Å². The van der Waals surface area contributed by atoms with E-state index in [-0.39, 0.29) is 5.76 Å². The largest absolute Gasteiger partial charge is 0.486 e. The summed E-state index contributed by atoms with van der Waals surface area (Å²) in [7, 11) is 0. The molecule has 2 aliphatic heterocycles. The van der Waals surface area contributed by atoms with E-state index in [1.165, 1.54) is 13.0 Å². The van der Waals surface area contributed by atoms with Gasteiger partial charge < -0.3 is 14.2 Å². The van der Waals surface area contributed by atoms with E-state index in [1.54, 1.807) is 12.1 Å². The highest BCUT2D eigenvalue weighted by molar-refractivity contribution is 6.32. The third kappa shape index (κ3) is 3.19. The quantitative estimate of drug-likeness (QED) is 0.474. The van der Waals surface area contributed by atoms with Crippen molar-refractivity contribution < 1.29 is 28.6 Å². The van der Waals surface area contributed by atoms with Crippen molar-refractivity contribution in [2.45, 2.75) is 6.92 Å². The van der Waals surface area contributed by atoms with E-state index in [1.807, 2.05) is 0 Å². The molecule has 2 heterocycles. The van der Waals surface area contributed by atoms with Gasteiger partial charge in [0.25, 0.3) is 0 Å². The summed E-state index contributed by atoms with van der Waals surface area (Å²) in [6, 6.07) is 3.26. The molecule has 1 aromatic rings. The van der Waals surface area contributed by atoms with E-state index < -0.39 is 23.5 Å². The van der Waals surface area contributed by atoms with Crippen LogP contribution in [0.2, 0.25) is 5.02 Å². The SMILES string of the molecule is CC1=CC(=O)[C@H](C(=O)/C=C/c2cc(Cl)c3c(c2)OCCO3)C(=O)O1. The minimum Gasteiger partial charge on any atom is -0.486 e. The minimum absolute atomic E-state index is 0.177. The van der Waals surface area contributed by atoms with Crippen LogP contribution in [0.3, 0.4) is 0 Å². The molecule has 7 heteroatoms. The number of ether oxygens (including phenoxy) is 3. The van der Waals surface area contributed by atoms with E-state index >= 15 is 0 Å². The van der Waals surface area contributed by atoms with Crippen molar-refractivity contribution in [1.29, 1.82) is 0 Å². The molecule has 0 bridgehead atoms. The standard InChI is InChI=1S/C17H13ClO6/c1-9-6-13(20)15(17(21)24-9)12(19)3-2-10-7-11(18)16-14(8-10)22-4-5-23-16/h2-3,6-8,15H,4-5H2,1H3/b3-2+/t15-/m0/s1. The van der Waals surface area contributed by atoms with Gasteiger partial charge in [-0.05, 0) is 30.7 Å². The first-order valence-electron chi connectivity index (χ1n) is 7.20. The zero-order valence-electron chi connectivity index (χ0n) is 12.7. The van der Waals surface area contributed by atoms with E-state index in [0.717, 1.165) is 12.2 Å². The van der Waals surface area contributed by atoms with Crippen LogP contribution >= 0.6 is 11.6 Å². The third-order valence-corrected chi connectivity index (χ3v) is 3.75. The number of hydrogen-bond donors (Lipinski definition) is 0. The Labute approximate surface area is 142 Å². The number of carbonyl (C=O) groups is 3. The van der Waals surface area contributed by atoms with Crippen LogP contribution in [0.15, 0.2) is 30.0 Å². The third-order valence-electron chi connectivity index (χ3n) is 3.47. The second-order valence-electron chi connectivity index (χ2n) is 5.27. The first-order chi connectivity index (χ1) is 11.5. The van der Waals surface area contributed by atoms with Crippen LogP contribution in [0.4, 0.5) is 0 Å². The summed E-state index contributed by atoms with van der Waals surface area (Å²) in [6.07, 6.45) is 3.75. The zero-order valence-corrected chi connectivity index (χ0v) is 13.5. The topological polar surface area (TPSA) is 78.9 Å². The predicted octanol–water partition coefficient (Wildman–Crippen LogP) is 2.34. The molecule has 0 saturated heterocycles. The van der Waals surface area contributed by atoms with Gasteiger partial charge in [-0.25, -0.2) is 0 Å². The van der Waals surface area contributed by atoms with Gasteiger partial charge in [-0.3, -0.25) is 14.4 Å². The molecule has 1 aromatic carbocycles. The van der Waals surface area contributed by atoms with Gasteiger partial charge in [-0.15, -0.1) is 0 Å². The molecule has 0 N–H and O–H groups in total. The molecule has 0 spiro atoms. The number of esters is 1. The molecule has 24 heavy (non-hydrogen) atoms.